The van der Waals surface area contributed by atoms with Crippen LogP contribution >= 0.6 is 0 Å². The fourth-order valence-corrected chi connectivity index (χ4v) is 1.83. The largest absolute Gasteiger partial charge is 0.385 e. The molecule has 102 valence electrons. The predicted molar refractivity (Wildman–Crippen MR) is 74.7 cm³/mol. The van der Waals surface area contributed by atoms with Crippen LogP contribution in [-0.2, 0) is 11.2 Å². The number of nitrogens with zero attached hydrogens (tertiary/aromatic N) is 2. The summed E-state index contributed by atoms with van der Waals surface area (Å²) in [5.41, 5.74) is 6.91. The van der Waals surface area contributed by atoms with Crippen LogP contribution in [0.5, 0.6) is 0 Å². The molecule has 0 saturated heterocycles. The lowest BCUT2D eigenvalue weighted by atomic mass is 10.1. The third kappa shape index (κ3) is 4.87. The summed E-state index contributed by atoms with van der Waals surface area (Å²) in [6.45, 7) is 3.87. The minimum Gasteiger partial charge on any atom is -0.385 e. The Balaban J connectivity index is 2.39. The van der Waals surface area contributed by atoms with Crippen LogP contribution in [0.1, 0.15) is 38.2 Å². The molecule has 0 unspecified atom stereocenters. The van der Waals surface area contributed by atoms with Gasteiger partial charge in [-0.1, -0.05) is 13.3 Å². The second-order valence-corrected chi connectivity index (χ2v) is 4.32. The third-order valence-electron chi connectivity index (χ3n) is 2.80. The van der Waals surface area contributed by atoms with Gasteiger partial charge in [-0.25, -0.2) is 9.97 Å². The lowest BCUT2D eigenvalue weighted by molar-refractivity contribution is 0.192. The van der Waals surface area contributed by atoms with E-state index in [9.17, 15) is 0 Å². The van der Waals surface area contributed by atoms with E-state index >= 15 is 0 Å². The first-order valence-electron chi connectivity index (χ1n) is 6.61. The standard InChI is InChI=1S/C13H24N4O/c1-3-7-11-12(14)16-10-17-13(11)15-8-5-4-6-9-18-2/h10H,3-9H2,1-2H3,(H3,14,15,16,17). The fourth-order valence-electron chi connectivity index (χ4n) is 1.83. The van der Waals surface area contributed by atoms with E-state index in [1.807, 2.05) is 0 Å². The number of rotatable bonds is 9. The first kappa shape index (κ1) is 14.7. The minimum atomic E-state index is 0.591. The second kappa shape index (κ2) is 8.69. The Kier molecular flexibility index (Phi) is 7.10. The molecule has 0 saturated carbocycles. The maximum Gasteiger partial charge on any atom is 0.134 e. The van der Waals surface area contributed by atoms with Gasteiger partial charge in [0.1, 0.15) is 18.0 Å². The van der Waals surface area contributed by atoms with E-state index in [2.05, 4.69) is 22.2 Å². The SMILES string of the molecule is CCCc1c(N)ncnc1NCCCCCOC. The van der Waals surface area contributed by atoms with Gasteiger partial charge in [0, 0.05) is 25.8 Å². The van der Waals surface area contributed by atoms with E-state index in [0.717, 1.165) is 56.6 Å². The number of methoxy groups -OCH3 is 1. The highest BCUT2D eigenvalue weighted by Crippen LogP contribution is 2.18. The summed E-state index contributed by atoms with van der Waals surface area (Å²) in [4.78, 5) is 8.30. The lowest BCUT2D eigenvalue weighted by Crippen LogP contribution is -2.09. The number of ether oxygens (including phenoxy) is 1. The Hall–Kier alpha value is -1.36. The van der Waals surface area contributed by atoms with Gasteiger partial charge in [-0.3, -0.25) is 0 Å². The van der Waals surface area contributed by atoms with Gasteiger partial charge >= 0.3 is 0 Å². The average molecular weight is 252 g/mol. The lowest BCUT2D eigenvalue weighted by Gasteiger charge is -2.11. The summed E-state index contributed by atoms with van der Waals surface area (Å²) >= 11 is 0. The zero-order chi connectivity index (χ0) is 13.2. The quantitative estimate of drug-likeness (QED) is 0.659. The van der Waals surface area contributed by atoms with Crippen molar-refractivity contribution in [2.45, 2.75) is 39.0 Å². The normalized spacial score (nSPS) is 10.6. The van der Waals surface area contributed by atoms with Gasteiger partial charge in [-0.15, -0.1) is 0 Å². The Bertz CT molecular complexity index is 344. The molecule has 18 heavy (non-hydrogen) atoms. The highest BCUT2D eigenvalue weighted by molar-refractivity contribution is 5.54. The number of aromatic nitrogens is 2. The van der Waals surface area contributed by atoms with Crippen molar-refractivity contribution in [3.8, 4) is 0 Å². The molecule has 0 aliphatic carbocycles. The molecule has 0 aliphatic heterocycles. The number of nitrogen functional groups attached to an aromatic ring is 1. The Morgan fingerprint density at radius 3 is 2.83 bits per heavy atom. The maximum atomic E-state index is 5.87. The van der Waals surface area contributed by atoms with Crippen LogP contribution in [0.4, 0.5) is 11.6 Å². The summed E-state index contributed by atoms with van der Waals surface area (Å²) in [6, 6.07) is 0. The van der Waals surface area contributed by atoms with Gasteiger partial charge in [0.15, 0.2) is 0 Å². The van der Waals surface area contributed by atoms with E-state index in [-0.39, 0.29) is 0 Å². The highest BCUT2D eigenvalue weighted by atomic mass is 16.5. The topological polar surface area (TPSA) is 73.1 Å². The van der Waals surface area contributed by atoms with E-state index in [4.69, 9.17) is 10.5 Å². The van der Waals surface area contributed by atoms with Crippen LogP contribution in [0.25, 0.3) is 0 Å². The smallest absolute Gasteiger partial charge is 0.134 e. The van der Waals surface area contributed by atoms with Gasteiger partial charge in [0.25, 0.3) is 0 Å². The minimum absolute atomic E-state index is 0.591. The fraction of sp³-hybridized carbons (Fsp3) is 0.692. The zero-order valence-electron chi connectivity index (χ0n) is 11.4. The molecule has 0 aromatic carbocycles. The van der Waals surface area contributed by atoms with E-state index < -0.39 is 0 Å². The Labute approximate surface area is 109 Å². The molecule has 0 radical (unpaired) electrons. The summed E-state index contributed by atoms with van der Waals surface area (Å²) in [5, 5.41) is 3.34. The second-order valence-electron chi connectivity index (χ2n) is 4.32. The average Bonchev–Trinajstić information content (AvgIpc) is 2.37. The molecule has 0 atom stereocenters. The van der Waals surface area contributed by atoms with Crippen molar-refractivity contribution < 1.29 is 4.74 Å². The molecular formula is C13H24N4O. The maximum absolute atomic E-state index is 5.87. The number of nitrogens with one attached hydrogen (secondary N) is 1. The molecule has 0 aliphatic rings. The van der Waals surface area contributed by atoms with E-state index in [1.54, 1.807) is 7.11 Å². The van der Waals surface area contributed by atoms with Gasteiger partial charge in [-0.05, 0) is 25.7 Å². The highest BCUT2D eigenvalue weighted by Gasteiger charge is 2.07. The number of hydrogen-bond donors (Lipinski definition) is 2. The van der Waals surface area contributed by atoms with Crippen LogP contribution in [0, 0.1) is 0 Å². The molecular weight excluding hydrogens is 228 g/mol. The van der Waals surface area contributed by atoms with Crippen LogP contribution in [0.3, 0.4) is 0 Å². The van der Waals surface area contributed by atoms with Crippen molar-refractivity contribution in [1.82, 2.24) is 9.97 Å². The van der Waals surface area contributed by atoms with Gasteiger partial charge in [-0.2, -0.15) is 0 Å². The van der Waals surface area contributed by atoms with Crippen molar-refractivity contribution in [1.29, 1.82) is 0 Å². The summed E-state index contributed by atoms with van der Waals surface area (Å²) in [6.07, 6.45) is 6.84. The van der Waals surface area contributed by atoms with Crippen LogP contribution in [-0.4, -0.2) is 30.2 Å². The Morgan fingerprint density at radius 2 is 2.11 bits per heavy atom. The molecule has 0 bridgehead atoms. The van der Waals surface area contributed by atoms with Crippen molar-refractivity contribution in [2.24, 2.45) is 0 Å². The summed E-state index contributed by atoms with van der Waals surface area (Å²) in [5.74, 6) is 1.48. The van der Waals surface area contributed by atoms with Crippen LogP contribution in [0.15, 0.2) is 6.33 Å². The summed E-state index contributed by atoms with van der Waals surface area (Å²) in [7, 11) is 1.74. The number of anilines is 2. The molecule has 0 fully saturated rings. The van der Waals surface area contributed by atoms with Gasteiger partial charge < -0.3 is 15.8 Å². The number of unbranched alkanes of at least 4 members (excludes halogenated alkanes) is 2. The molecule has 5 nitrogen and oxygen atoms in total. The first-order chi connectivity index (χ1) is 8.79. The molecule has 1 aromatic heterocycles. The zero-order valence-corrected chi connectivity index (χ0v) is 11.4. The van der Waals surface area contributed by atoms with Crippen molar-refractivity contribution >= 4 is 11.6 Å². The van der Waals surface area contributed by atoms with Gasteiger partial charge in [0.2, 0.25) is 0 Å². The molecule has 5 heteroatoms. The van der Waals surface area contributed by atoms with Gasteiger partial charge in [0.05, 0.1) is 0 Å². The number of nitrogens with two attached hydrogens (primary N) is 1. The van der Waals surface area contributed by atoms with Crippen LogP contribution < -0.4 is 11.1 Å². The van der Waals surface area contributed by atoms with E-state index in [1.165, 1.54) is 6.33 Å². The van der Waals surface area contributed by atoms with E-state index in [0.29, 0.717) is 5.82 Å². The predicted octanol–water partition coefficient (Wildman–Crippen LogP) is 2.24. The van der Waals surface area contributed by atoms with Crippen LogP contribution in [0.2, 0.25) is 0 Å². The molecule has 0 amide bonds. The summed E-state index contributed by atoms with van der Waals surface area (Å²) < 4.78 is 5.02. The Morgan fingerprint density at radius 1 is 1.28 bits per heavy atom. The van der Waals surface area contributed by atoms with Crippen molar-refractivity contribution in [3.05, 3.63) is 11.9 Å². The third-order valence-corrected chi connectivity index (χ3v) is 2.80. The molecule has 0 spiro atoms. The van der Waals surface area contributed by atoms with Crippen molar-refractivity contribution in [3.63, 3.8) is 0 Å². The molecule has 1 aromatic rings. The molecule has 1 rings (SSSR count). The van der Waals surface area contributed by atoms with Crippen molar-refractivity contribution in [2.75, 3.05) is 31.3 Å². The first-order valence-corrected chi connectivity index (χ1v) is 6.61. The monoisotopic (exact) mass is 252 g/mol. The molecule has 1 heterocycles. The number of hydrogen-bond acceptors (Lipinski definition) is 5. The molecule has 3 N–H and O–H groups in total.